The van der Waals surface area contributed by atoms with E-state index in [9.17, 15) is 19.8 Å². The highest BCUT2D eigenvalue weighted by atomic mass is 32.1. The predicted octanol–water partition coefficient (Wildman–Crippen LogP) is 4.91. The minimum absolute atomic E-state index is 0.162. The average molecular weight is 400 g/mol. The highest BCUT2D eigenvalue weighted by molar-refractivity contribution is 7.19. The molecule has 1 aromatic heterocycles. The second-order valence-corrected chi connectivity index (χ2v) is 8.14. The van der Waals surface area contributed by atoms with Crippen molar-refractivity contribution in [2.75, 3.05) is 6.54 Å². The van der Waals surface area contributed by atoms with Crippen LogP contribution in [0.2, 0.25) is 0 Å². The number of aryl methyl sites for hydroxylation is 1. The SMILES string of the molecule is CCN1C(C)=C(C(=O)O)C(CC)(c2sc3ccccc3c2C)C(C(=O)O)=C1C. The molecule has 0 atom stereocenters. The van der Waals surface area contributed by atoms with Gasteiger partial charge < -0.3 is 15.1 Å². The summed E-state index contributed by atoms with van der Waals surface area (Å²) in [6, 6.07) is 7.89. The van der Waals surface area contributed by atoms with E-state index in [4.69, 9.17) is 0 Å². The molecule has 0 radical (unpaired) electrons. The number of carboxylic acid groups (broad SMARTS) is 2. The Morgan fingerprint density at radius 1 is 1.00 bits per heavy atom. The fourth-order valence-electron chi connectivity index (χ4n) is 4.74. The van der Waals surface area contributed by atoms with Gasteiger partial charge in [0.15, 0.2) is 0 Å². The Morgan fingerprint density at radius 3 is 1.96 bits per heavy atom. The van der Waals surface area contributed by atoms with Gasteiger partial charge in [0.2, 0.25) is 0 Å². The number of hydrogen-bond donors (Lipinski definition) is 2. The summed E-state index contributed by atoms with van der Waals surface area (Å²) >= 11 is 1.50. The molecule has 0 aliphatic carbocycles. The standard InChI is InChI=1S/C22H25NO4S/c1-6-22(19-12(3)15-10-8-9-11-16(15)28-19)17(20(24)25)13(4)23(7-2)14(5)18(22)21(26)27/h8-11H,6-7H2,1-5H3,(H,24,25)(H,26,27). The number of rotatable bonds is 5. The van der Waals surface area contributed by atoms with E-state index in [0.717, 1.165) is 20.5 Å². The number of benzene rings is 1. The monoisotopic (exact) mass is 399 g/mol. The summed E-state index contributed by atoms with van der Waals surface area (Å²) in [5.41, 5.74) is 1.30. The summed E-state index contributed by atoms with van der Waals surface area (Å²) < 4.78 is 1.03. The van der Waals surface area contributed by atoms with Crippen LogP contribution in [0.15, 0.2) is 46.8 Å². The largest absolute Gasteiger partial charge is 0.478 e. The van der Waals surface area contributed by atoms with E-state index < -0.39 is 17.4 Å². The molecule has 2 aromatic rings. The number of carboxylic acids is 2. The van der Waals surface area contributed by atoms with Gasteiger partial charge in [0.05, 0.1) is 16.6 Å². The van der Waals surface area contributed by atoms with Crippen molar-refractivity contribution < 1.29 is 19.8 Å². The van der Waals surface area contributed by atoms with Gasteiger partial charge in [-0.15, -0.1) is 11.3 Å². The van der Waals surface area contributed by atoms with Gasteiger partial charge in [-0.3, -0.25) is 0 Å². The molecule has 0 saturated carbocycles. The van der Waals surface area contributed by atoms with Crippen molar-refractivity contribution in [2.45, 2.75) is 46.5 Å². The molecule has 6 heteroatoms. The van der Waals surface area contributed by atoms with Crippen molar-refractivity contribution in [3.8, 4) is 0 Å². The Bertz CT molecular complexity index is 1010. The second kappa shape index (κ2) is 7.09. The lowest BCUT2D eigenvalue weighted by atomic mass is 9.66. The maximum atomic E-state index is 12.5. The Labute approximate surface area is 168 Å². The van der Waals surface area contributed by atoms with Crippen molar-refractivity contribution >= 4 is 33.4 Å². The third-order valence-electron chi connectivity index (χ3n) is 5.89. The van der Waals surface area contributed by atoms with Crippen LogP contribution >= 0.6 is 11.3 Å². The van der Waals surface area contributed by atoms with E-state index >= 15 is 0 Å². The van der Waals surface area contributed by atoms with Crippen LogP contribution in [0.4, 0.5) is 0 Å². The molecule has 2 N–H and O–H groups in total. The van der Waals surface area contributed by atoms with Gasteiger partial charge in [-0.2, -0.15) is 0 Å². The highest BCUT2D eigenvalue weighted by Gasteiger charge is 2.52. The first-order valence-corrected chi connectivity index (χ1v) is 10.2. The zero-order valence-electron chi connectivity index (χ0n) is 16.8. The minimum Gasteiger partial charge on any atom is -0.478 e. The van der Waals surface area contributed by atoms with Gasteiger partial charge in [0.25, 0.3) is 0 Å². The Balaban J connectivity index is 2.51. The van der Waals surface area contributed by atoms with Gasteiger partial charge in [-0.05, 0) is 51.1 Å². The molecule has 5 nitrogen and oxygen atoms in total. The lowest BCUT2D eigenvalue weighted by Crippen LogP contribution is -2.45. The molecule has 3 rings (SSSR count). The maximum absolute atomic E-state index is 12.5. The fraction of sp³-hybridized carbons (Fsp3) is 0.364. The molecule has 0 bridgehead atoms. The molecule has 0 spiro atoms. The molecular weight excluding hydrogens is 374 g/mol. The molecule has 0 amide bonds. The molecule has 1 aromatic carbocycles. The predicted molar refractivity (Wildman–Crippen MR) is 112 cm³/mol. The zero-order chi connectivity index (χ0) is 20.8. The number of fused-ring (bicyclic) bond motifs is 1. The minimum atomic E-state index is -1.19. The first-order valence-electron chi connectivity index (χ1n) is 9.37. The van der Waals surface area contributed by atoms with Crippen LogP contribution in [0, 0.1) is 6.92 Å². The summed E-state index contributed by atoms with van der Waals surface area (Å²) in [4.78, 5) is 27.6. The molecule has 0 unspecified atom stereocenters. The van der Waals surface area contributed by atoms with Gasteiger partial charge in [0.1, 0.15) is 0 Å². The zero-order valence-corrected chi connectivity index (χ0v) is 17.6. The topological polar surface area (TPSA) is 77.8 Å². The van der Waals surface area contributed by atoms with Crippen molar-refractivity contribution in [1.82, 2.24) is 4.90 Å². The van der Waals surface area contributed by atoms with Crippen molar-refractivity contribution in [2.24, 2.45) is 0 Å². The van der Waals surface area contributed by atoms with Crippen molar-refractivity contribution in [3.63, 3.8) is 0 Å². The molecular formula is C22H25NO4S. The maximum Gasteiger partial charge on any atom is 0.334 e. The van der Waals surface area contributed by atoms with Crippen LogP contribution in [-0.2, 0) is 15.0 Å². The first-order chi connectivity index (χ1) is 13.2. The number of allylic oxidation sites excluding steroid dienone is 2. The van der Waals surface area contributed by atoms with Crippen LogP contribution in [-0.4, -0.2) is 33.6 Å². The van der Waals surface area contributed by atoms with Gasteiger partial charge in [-0.25, -0.2) is 9.59 Å². The Morgan fingerprint density at radius 2 is 1.54 bits per heavy atom. The summed E-state index contributed by atoms with van der Waals surface area (Å²) in [7, 11) is 0. The lowest BCUT2D eigenvalue weighted by molar-refractivity contribution is -0.134. The average Bonchev–Trinajstić information content (AvgIpc) is 2.98. The number of aliphatic carboxylic acids is 2. The van der Waals surface area contributed by atoms with Gasteiger partial charge in [-0.1, -0.05) is 25.1 Å². The number of hydrogen-bond acceptors (Lipinski definition) is 4. The summed E-state index contributed by atoms with van der Waals surface area (Å²) in [6.07, 6.45) is 0.357. The van der Waals surface area contributed by atoms with Gasteiger partial charge in [0, 0.05) is 27.5 Å². The van der Waals surface area contributed by atoms with E-state index in [1.54, 1.807) is 18.7 Å². The summed E-state index contributed by atoms with van der Waals surface area (Å²) in [6.45, 7) is 9.80. The Kier molecular flexibility index (Phi) is 5.10. The fourth-order valence-corrected chi connectivity index (χ4v) is 6.22. The second-order valence-electron chi connectivity index (χ2n) is 7.09. The number of nitrogens with zero attached hydrogens (tertiary/aromatic N) is 1. The molecule has 2 heterocycles. The first kappa shape index (κ1) is 20.1. The third-order valence-corrected chi connectivity index (χ3v) is 7.33. The van der Waals surface area contributed by atoms with Gasteiger partial charge >= 0.3 is 11.9 Å². The number of carbonyl (C=O) groups is 2. The Hall–Kier alpha value is -2.60. The van der Waals surface area contributed by atoms with Crippen molar-refractivity contribution in [1.29, 1.82) is 0 Å². The molecule has 0 fully saturated rings. The molecule has 0 saturated heterocycles. The quantitative estimate of drug-likeness (QED) is 0.747. The third kappa shape index (κ3) is 2.58. The van der Waals surface area contributed by atoms with Crippen LogP contribution in [0.25, 0.3) is 10.1 Å². The smallest absolute Gasteiger partial charge is 0.334 e. The lowest BCUT2D eigenvalue weighted by Gasteiger charge is -2.44. The van der Waals surface area contributed by atoms with Crippen LogP contribution in [0.1, 0.15) is 44.6 Å². The number of thiophene rings is 1. The normalized spacial score (nSPS) is 16.8. The molecule has 148 valence electrons. The van der Waals surface area contributed by atoms with Crippen LogP contribution < -0.4 is 0 Å². The van der Waals surface area contributed by atoms with Crippen LogP contribution in [0.5, 0.6) is 0 Å². The van der Waals surface area contributed by atoms with E-state index in [-0.39, 0.29) is 11.1 Å². The molecule has 28 heavy (non-hydrogen) atoms. The van der Waals surface area contributed by atoms with E-state index in [2.05, 4.69) is 0 Å². The summed E-state index contributed by atoms with van der Waals surface area (Å²) in [5, 5.41) is 21.5. The van der Waals surface area contributed by atoms with Crippen LogP contribution in [0.3, 0.4) is 0 Å². The van der Waals surface area contributed by atoms with E-state index in [1.165, 1.54) is 11.3 Å². The van der Waals surface area contributed by atoms with E-state index in [0.29, 0.717) is 24.4 Å². The van der Waals surface area contributed by atoms with Crippen molar-refractivity contribution in [3.05, 3.63) is 57.2 Å². The van der Waals surface area contributed by atoms with E-state index in [1.807, 2.05) is 45.0 Å². The summed E-state index contributed by atoms with van der Waals surface area (Å²) in [5.74, 6) is -2.14. The molecule has 1 aliphatic heterocycles. The highest BCUT2D eigenvalue weighted by Crippen LogP contribution is 2.53. The molecule has 1 aliphatic rings.